The van der Waals surface area contributed by atoms with Crippen molar-refractivity contribution in [1.29, 1.82) is 0 Å². The molecule has 5 unspecified atom stereocenters. The summed E-state index contributed by atoms with van der Waals surface area (Å²) in [6, 6.07) is 3.68. The number of nitrogens with one attached hydrogen (secondary N) is 3. The highest BCUT2D eigenvalue weighted by Gasteiger charge is 2.32. The van der Waals surface area contributed by atoms with E-state index in [4.69, 9.17) is 16.6 Å². The fourth-order valence-corrected chi connectivity index (χ4v) is 3.05. The summed E-state index contributed by atoms with van der Waals surface area (Å²) in [6.45, 7) is 2.64. The highest BCUT2D eigenvalue weighted by Crippen LogP contribution is 2.11. The van der Waals surface area contributed by atoms with Crippen molar-refractivity contribution in [3.8, 4) is 0 Å². The van der Waals surface area contributed by atoms with Gasteiger partial charge in [-0.25, -0.2) is 4.79 Å². The lowest BCUT2D eigenvalue weighted by Gasteiger charge is -2.28. The molecule has 12 heteroatoms. The van der Waals surface area contributed by atoms with Crippen LogP contribution < -0.4 is 27.4 Å². The first kappa shape index (κ1) is 28.5. The van der Waals surface area contributed by atoms with Crippen LogP contribution >= 0.6 is 0 Å². The maximum atomic E-state index is 13.1. The van der Waals surface area contributed by atoms with Gasteiger partial charge in [0.1, 0.15) is 18.1 Å². The average molecular weight is 480 g/mol. The Bertz CT molecular complexity index is 864. The predicted molar refractivity (Wildman–Crippen MR) is 122 cm³/mol. The first-order valence-corrected chi connectivity index (χ1v) is 10.8. The van der Waals surface area contributed by atoms with Gasteiger partial charge in [-0.15, -0.1) is 0 Å². The molecule has 0 radical (unpaired) electrons. The number of aliphatic hydroxyl groups is 1. The third-order valence-electron chi connectivity index (χ3n) is 5.26. The molecule has 0 aliphatic heterocycles. The van der Waals surface area contributed by atoms with Gasteiger partial charge in [-0.05, 0) is 11.5 Å². The van der Waals surface area contributed by atoms with E-state index < -0.39 is 72.7 Å². The molecular weight excluding hydrogens is 446 g/mol. The molecule has 0 saturated carbocycles. The number of carboxylic acid groups (broad SMARTS) is 1. The Morgan fingerprint density at radius 2 is 1.53 bits per heavy atom. The van der Waals surface area contributed by atoms with E-state index in [1.54, 1.807) is 44.2 Å². The van der Waals surface area contributed by atoms with Crippen molar-refractivity contribution in [1.82, 2.24) is 16.0 Å². The Balaban J connectivity index is 3.11. The number of primary amides is 1. The van der Waals surface area contributed by atoms with Gasteiger partial charge in [0.2, 0.25) is 23.6 Å². The van der Waals surface area contributed by atoms with Gasteiger partial charge in [0.05, 0.1) is 19.1 Å². The van der Waals surface area contributed by atoms with Crippen LogP contribution in [0.1, 0.15) is 32.3 Å². The molecule has 0 saturated heterocycles. The summed E-state index contributed by atoms with van der Waals surface area (Å²) >= 11 is 0. The minimum absolute atomic E-state index is 0.0605. The number of aliphatic carboxylic acids is 1. The van der Waals surface area contributed by atoms with Crippen LogP contribution in [0.25, 0.3) is 0 Å². The second-order valence-corrected chi connectivity index (χ2v) is 7.98. The van der Waals surface area contributed by atoms with Crippen LogP contribution in [0, 0.1) is 5.92 Å². The Hall–Kier alpha value is -3.51. The molecule has 4 amide bonds. The van der Waals surface area contributed by atoms with Crippen LogP contribution in [0.15, 0.2) is 30.3 Å². The molecule has 1 aromatic carbocycles. The van der Waals surface area contributed by atoms with Crippen LogP contribution in [-0.4, -0.2) is 70.6 Å². The summed E-state index contributed by atoms with van der Waals surface area (Å²) in [4.78, 5) is 60.6. The molecule has 1 rings (SSSR count). The van der Waals surface area contributed by atoms with Crippen LogP contribution in [0.5, 0.6) is 0 Å². The summed E-state index contributed by atoms with van der Waals surface area (Å²) < 4.78 is 0. The molecule has 0 spiro atoms. The van der Waals surface area contributed by atoms with Crippen molar-refractivity contribution < 1.29 is 34.2 Å². The van der Waals surface area contributed by atoms with E-state index >= 15 is 0 Å². The molecule has 1 aromatic rings. The molecule has 188 valence electrons. The largest absolute Gasteiger partial charge is 0.480 e. The van der Waals surface area contributed by atoms with Crippen molar-refractivity contribution in [2.75, 3.05) is 6.61 Å². The molecule has 0 aromatic heterocycles. The number of amides is 4. The fraction of sp³-hybridized carbons (Fsp3) is 0.500. The van der Waals surface area contributed by atoms with Gasteiger partial charge in [-0.2, -0.15) is 0 Å². The number of nitrogens with two attached hydrogens (primary N) is 2. The van der Waals surface area contributed by atoms with Crippen LogP contribution in [0.3, 0.4) is 0 Å². The summed E-state index contributed by atoms with van der Waals surface area (Å²) in [5.41, 5.74) is 11.5. The summed E-state index contributed by atoms with van der Waals surface area (Å²) in [7, 11) is 0. The zero-order valence-corrected chi connectivity index (χ0v) is 19.2. The quantitative estimate of drug-likeness (QED) is 0.158. The minimum Gasteiger partial charge on any atom is -0.480 e. The number of carboxylic acids is 1. The minimum atomic E-state index is -1.54. The number of rotatable bonds is 14. The van der Waals surface area contributed by atoms with Gasteiger partial charge in [-0.1, -0.05) is 50.6 Å². The van der Waals surface area contributed by atoms with Crippen LogP contribution in [-0.2, 0) is 30.4 Å². The van der Waals surface area contributed by atoms with Crippen molar-refractivity contribution in [2.24, 2.45) is 17.4 Å². The van der Waals surface area contributed by atoms with Gasteiger partial charge in [0.15, 0.2) is 0 Å². The number of carbonyl (C=O) groups is 5. The molecule has 5 atom stereocenters. The van der Waals surface area contributed by atoms with Gasteiger partial charge < -0.3 is 37.6 Å². The zero-order chi connectivity index (χ0) is 25.8. The molecule has 0 heterocycles. The van der Waals surface area contributed by atoms with Crippen molar-refractivity contribution in [2.45, 2.75) is 57.3 Å². The lowest BCUT2D eigenvalue weighted by Crippen LogP contribution is -2.59. The zero-order valence-electron chi connectivity index (χ0n) is 19.2. The lowest BCUT2D eigenvalue weighted by atomic mass is 9.96. The van der Waals surface area contributed by atoms with E-state index in [9.17, 15) is 29.1 Å². The van der Waals surface area contributed by atoms with Crippen molar-refractivity contribution >= 4 is 29.6 Å². The van der Waals surface area contributed by atoms with Gasteiger partial charge in [0, 0.05) is 6.42 Å². The van der Waals surface area contributed by atoms with E-state index in [1.165, 1.54) is 0 Å². The second-order valence-electron chi connectivity index (χ2n) is 7.98. The third kappa shape index (κ3) is 9.16. The lowest BCUT2D eigenvalue weighted by molar-refractivity contribution is -0.143. The Kier molecular flexibility index (Phi) is 11.7. The molecule has 12 nitrogen and oxygen atoms in total. The van der Waals surface area contributed by atoms with Crippen LogP contribution in [0.2, 0.25) is 0 Å². The highest BCUT2D eigenvalue weighted by molar-refractivity contribution is 5.95. The number of hydrogen-bond acceptors (Lipinski definition) is 7. The Morgan fingerprint density at radius 1 is 0.941 bits per heavy atom. The van der Waals surface area contributed by atoms with Crippen molar-refractivity contribution in [3.63, 3.8) is 0 Å². The predicted octanol–water partition coefficient (Wildman–Crippen LogP) is -1.99. The van der Waals surface area contributed by atoms with Crippen molar-refractivity contribution in [3.05, 3.63) is 35.9 Å². The summed E-state index contributed by atoms with van der Waals surface area (Å²) in [6.07, 6.45) is 0.112. The molecule has 0 bridgehead atoms. The molecule has 0 aliphatic carbocycles. The van der Waals surface area contributed by atoms with Gasteiger partial charge in [-0.3, -0.25) is 19.2 Å². The molecule has 34 heavy (non-hydrogen) atoms. The fourth-order valence-electron chi connectivity index (χ4n) is 3.05. The first-order valence-electron chi connectivity index (χ1n) is 10.8. The highest BCUT2D eigenvalue weighted by atomic mass is 16.4. The standard InChI is InChI=1S/C22H33N5O7/c1-3-12(2)18(21(32)26-16(11-28)22(33)34)27-20(31)15(9-13-7-5-4-6-8-13)25-19(30)14(23)10-17(24)29/h4-8,12,14-16,18,28H,3,9-11,23H2,1-2H3,(H2,24,29)(H,25,30)(H,26,32)(H,27,31)(H,33,34). The topological polar surface area (TPSA) is 214 Å². The van der Waals surface area contributed by atoms with E-state index in [-0.39, 0.29) is 6.42 Å². The Morgan fingerprint density at radius 3 is 2.03 bits per heavy atom. The SMILES string of the molecule is CCC(C)C(NC(=O)C(Cc1ccccc1)NC(=O)C(N)CC(N)=O)C(=O)NC(CO)C(=O)O. The number of benzene rings is 1. The number of hydrogen-bond donors (Lipinski definition) is 7. The van der Waals surface area contributed by atoms with E-state index in [1.807, 2.05) is 0 Å². The first-order chi connectivity index (χ1) is 16.0. The summed E-state index contributed by atoms with van der Waals surface area (Å²) in [5.74, 6) is -4.88. The van der Waals surface area contributed by atoms with Crippen LogP contribution in [0.4, 0.5) is 0 Å². The molecule has 9 N–H and O–H groups in total. The summed E-state index contributed by atoms with van der Waals surface area (Å²) in [5, 5.41) is 25.5. The monoisotopic (exact) mass is 479 g/mol. The third-order valence-corrected chi connectivity index (χ3v) is 5.26. The van der Waals surface area contributed by atoms with E-state index in [2.05, 4.69) is 16.0 Å². The number of carbonyl (C=O) groups excluding carboxylic acids is 4. The molecular formula is C22H33N5O7. The van der Waals surface area contributed by atoms with Gasteiger partial charge >= 0.3 is 5.97 Å². The Labute approximate surface area is 197 Å². The average Bonchev–Trinajstić information content (AvgIpc) is 2.79. The van der Waals surface area contributed by atoms with E-state index in [0.717, 1.165) is 0 Å². The maximum Gasteiger partial charge on any atom is 0.328 e. The van der Waals surface area contributed by atoms with E-state index in [0.29, 0.717) is 12.0 Å². The molecule has 0 aliphatic rings. The smallest absolute Gasteiger partial charge is 0.328 e. The number of aliphatic hydroxyl groups excluding tert-OH is 1. The normalized spacial score (nSPS) is 15.2. The maximum absolute atomic E-state index is 13.1. The molecule has 0 fully saturated rings. The second kappa shape index (κ2) is 13.9. The van der Waals surface area contributed by atoms with Gasteiger partial charge in [0.25, 0.3) is 0 Å².